The summed E-state index contributed by atoms with van der Waals surface area (Å²) in [5, 5.41) is 0. The van der Waals surface area contributed by atoms with Gasteiger partial charge in [-0.1, -0.05) is 217 Å². The Morgan fingerprint density at radius 1 is 0.607 bits per heavy atom. The minimum atomic E-state index is -0.0407. The molecule has 0 saturated carbocycles. The standard InChI is InChI=1S/C54H82O2/c1-12-13-14-15-16-17-18-19-20-21-22-35-52(55)56-49-41-48(7)51(54(10,11)42-49)39-37-46(5)33-26-31-44(3)29-24-23-28-43(2)30-25-32-45(4)36-38-50-47(6)34-27-40-53(50,8)9/h23-26,28-33,36-39,49H,12-22,27,34-35,40-42H2,1-11H3. The first kappa shape index (κ1) is 48.8. The summed E-state index contributed by atoms with van der Waals surface area (Å²) >= 11 is 0. The number of hydrogen-bond acceptors (Lipinski definition) is 2. The summed E-state index contributed by atoms with van der Waals surface area (Å²) in [5.74, 6) is -0.0212. The summed E-state index contributed by atoms with van der Waals surface area (Å²) in [6.45, 7) is 24.6. The minimum Gasteiger partial charge on any atom is -0.462 e. The van der Waals surface area contributed by atoms with Crippen molar-refractivity contribution in [3.05, 3.63) is 130 Å². The average Bonchev–Trinajstić information content (AvgIpc) is 3.11. The summed E-state index contributed by atoms with van der Waals surface area (Å²) in [6, 6.07) is 0. The van der Waals surface area contributed by atoms with Crippen molar-refractivity contribution in [3.8, 4) is 0 Å². The monoisotopic (exact) mass is 763 g/mol. The van der Waals surface area contributed by atoms with E-state index >= 15 is 0 Å². The summed E-state index contributed by atoms with van der Waals surface area (Å²) in [4.78, 5) is 12.7. The summed E-state index contributed by atoms with van der Waals surface area (Å²) < 4.78 is 6.00. The largest absolute Gasteiger partial charge is 0.462 e. The number of hydrogen-bond donors (Lipinski definition) is 0. The highest BCUT2D eigenvalue weighted by atomic mass is 16.5. The van der Waals surface area contributed by atoms with Crippen molar-refractivity contribution in [2.24, 2.45) is 10.8 Å². The first-order valence-corrected chi connectivity index (χ1v) is 22.3. The Morgan fingerprint density at radius 3 is 1.54 bits per heavy atom. The molecular formula is C54H82O2. The van der Waals surface area contributed by atoms with Crippen LogP contribution in [0.4, 0.5) is 0 Å². The number of unbranched alkanes of at least 4 members (excludes halogenated alkanes) is 10. The second-order valence-corrected chi connectivity index (χ2v) is 18.2. The van der Waals surface area contributed by atoms with Crippen molar-refractivity contribution in [1.29, 1.82) is 0 Å². The average molecular weight is 763 g/mol. The zero-order valence-corrected chi connectivity index (χ0v) is 38.0. The first-order valence-electron chi connectivity index (χ1n) is 22.3. The van der Waals surface area contributed by atoms with E-state index in [9.17, 15) is 4.79 Å². The molecule has 2 aliphatic rings. The van der Waals surface area contributed by atoms with Gasteiger partial charge >= 0.3 is 5.97 Å². The van der Waals surface area contributed by atoms with E-state index in [0.717, 1.165) is 25.7 Å². The highest BCUT2D eigenvalue weighted by Crippen LogP contribution is 2.43. The molecule has 0 aliphatic heterocycles. The van der Waals surface area contributed by atoms with Crippen LogP contribution in [0.1, 0.15) is 185 Å². The normalized spacial score (nSPS) is 20.3. The first-order chi connectivity index (χ1) is 26.6. The zero-order valence-electron chi connectivity index (χ0n) is 38.0. The number of carbonyl (C=O) groups is 1. The van der Waals surface area contributed by atoms with E-state index in [1.54, 1.807) is 5.57 Å². The van der Waals surface area contributed by atoms with Crippen LogP contribution in [0.3, 0.4) is 0 Å². The molecule has 0 spiro atoms. The van der Waals surface area contributed by atoms with E-state index in [1.807, 2.05) is 0 Å². The molecular weight excluding hydrogens is 681 g/mol. The number of rotatable bonds is 23. The van der Waals surface area contributed by atoms with Crippen molar-refractivity contribution in [1.82, 2.24) is 0 Å². The van der Waals surface area contributed by atoms with Crippen molar-refractivity contribution in [2.45, 2.75) is 191 Å². The predicted molar refractivity (Wildman–Crippen MR) is 248 cm³/mol. The third-order valence-electron chi connectivity index (χ3n) is 11.6. The van der Waals surface area contributed by atoms with E-state index in [0.29, 0.717) is 6.42 Å². The number of carbonyl (C=O) groups excluding carboxylic acids is 1. The van der Waals surface area contributed by atoms with Gasteiger partial charge in [-0.3, -0.25) is 4.79 Å². The van der Waals surface area contributed by atoms with Crippen LogP contribution in [-0.2, 0) is 9.53 Å². The summed E-state index contributed by atoms with van der Waals surface area (Å²) in [6.07, 6.45) is 50.7. The van der Waals surface area contributed by atoms with Gasteiger partial charge in [0, 0.05) is 12.8 Å². The van der Waals surface area contributed by atoms with Gasteiger partial charge < -0.3 is 4.74 Å². The lowest BCUT2D eigenvalue weighted by Crippen LogP contribution is -2.31. The van der Waals surface area contributed by atoms with Gasteiger partial charge in [-0.25, -0.2) is 0 Å². The molecule has 0 fully saturated rings. The Morgan fingerprint density at radius 2 is 1.05 bits per heavy atom. The van der Waals surface area contributed by atoms with E-state index in [4.69, 9.17) is 4.74 Å². The molecule has 0 amide bonds. The molecule has 0 saturated heterocycles. The van der Waals surface area contributed by atoms with Crippen LogP contribution in [0.15, 0.2) is 130 Å². The maximum absolute atomic E-state index is 12.7. The smallest absolute Gasteiger partial charge is 0.306 e. The lowest BCUT2D eigenvalue weighted by molar-refractivity contribution is -0.150. The van der Waals surface area contributed by atoms with Crippen LogP contribution in [-0.4, -0.2) is 12.1 Å². The molecule has 0 aromatic heterocycles. The third-order valence-corrected chi connectivity index (χ3v) is 11.6. The molecule has 0 radical (unpaired) electrons. The minimum absolute atomic E-state index is 0.0212. The predicted octanol–water partition coefficient (Wildman–Crippen LogP) is 16.8. The highest BCUT2D eigenvalue weighted by molar-refractivity contribution is 5.69. The maximum Gasteiger partial charge on any atom is 0.306 e. The molecule has 310 valence electrons. The highest BCUT2D eigenvalue weighted by Gasteiger charge is 2.34. The molecule has 2 nitrogen and oxygen atoms in total. The van der Waals surface area contributed by atoms with Crippen LogP contribution < -0.4 is 0 Å². The second-order valence-electron chi connectivity index (χ2n) is 18.2. The molecule has 0 aromatic rings. The Bertz CT molecular complexity index is 1560. The van der Waals surface area contributed by atoms with Gasteiger partial charge in [-0.15, -0.1) is 0 Å². The van der Waals surface area contributed by atoms with Crippen molar-refractivity contribution >= 4 is 5.97 Å². The van der Waals surface area contributed by atoms with Crippen LogP contribution in [0, 0.1) is 10.8 Å². The fourth-order valence-electron chi connectivity index (χ4n) is 8.19. The molecule has 2 aliphatic carbocycles. The molecule has 0 aromatic carbocycles. The lowest BCUT2D eigenvalue weighted by atomic mass is 9.71. The van der Waals surface area contributed by atoms with E-state index in [-0.39, 0.29) is 22.9 Å². The van der Waals surface area contributed by atoms with Crippen molar-refractivity contribution in [3.63, 3.8) is 0 Å². The number of esters is 1. The zero-order chi connectivity index (χ0) is 41.4. The van der Waals surface area contributed by atoms with Crippen LogP contribution >= 0.6 is 0 Å². The molecule has 2 heteroatoms. The SMILES string of the molecule is CCCCCCCCCCCCCC(=O)OC1CC(C)=C(C=CC(C)=CC=CC(C)=CC=CC=C(C)C=CC=C(C)C=CC2=C(C)CCCC2(C)C)C(C)(C)C1. The fourth-order valence-corrected chi connectivity index (χ4v) is 8.19. The summed E-state index contributed by atoms with van der Waals surface area (Å²) in [7, 11) is 0. The number of allylic oxidation sites excluding steroid dienone is 21. The van der Waals surface area contributed by atoms with Crippen LogP contribution in [0.25, 0.3) is 0 Å². The van der Waals surface area contributed by atoms with Gasteiger partial charge in [-0.2, -0.15) is 0 Å². The Balaban J connectivity index is 1.79. The second kappa shape index (κ2) is 26.5. The van der Waals surface area contributed by atoms with Gasteiger partial charge in [0.1, 0.15) is 6.10 Å². The van der Waals surface area contributed by atoms with Crippen molar-refractivity contribution in [2.75, 3.05) is 0 Å². The molecule has 2 rings (SSSR count). The lowest BCUT2D eigenvalue weighted by Gasteiger charge is -2.37. The van der Waals surface area contributed by atoms with Crippen LogP contribution in [0.2, 0.25) is 0 Å². The maximum atomic E-state index is 12.7. The molecule has 1 unspecified atom stereocenters. The molecule has 1 atom stereocenters. The molecule has 0 N–H and O–H groups in total. The van der Waals surface area contributed by atoms with Gasteiger partial charge in [0.25, 0.3) is 0 Å². The topological polar surface area (TPSA) is 26.3 Å². The van der Waals surface area contributed by atoms with E-state index in [2.05, 4.69) is 161 Å². The third kappa shape index (κ3) is 20.2. The van der Waals surface area contributed by atoms with Gasteiger partial charge in [0.15, 0.2) is 0 Å². The van der Waals surface area contributed by atoms with E-state index < -0.39 is 0 Å². The Labute approximate surface area is 346 Å². The molecule has 0 bridgehead atoms. The van der Waals surface area contributed by atoms with E-state index in [1.165, 1.54) is 116 Å². The fraction of sp³-hybridized carbons (Fsp3) is 0.574. The Kier molecular flexibility index (Phi) is 23.1. The quantitative estimate of drug-likeness (QED) is 0.0589. The summed E-state index contributed by atoms with van der Waals surface area (Å²) in [5.41, 5.74) is 10.8. The Hall–Kier alpha value is -3.39. The molecule has 56 heavy (non-hydrogen) atoms. The van der Waals surface area contributed by atoms with Gasteiger partial charge in [0.2, 0.25) is 0 Å². The van der Waals surface area contributed by atoms with Gasteiger partial charge in [-0.05, 0) is 95.6 Å². The number of ether oxygens (including phenoxy) is 1. The van der Waals surface area contributed by atoms with Crippen LogP contribution in [0.5, 0.6) is 0 Å². The molecule has 0 heterocycles. The van der Waals surface area contributed by atoms with Crippen molar-refractivity contribution < 1.29 is 9.53 Å². The van der Waals surface area contributed by atoms with Gasteiger partial charge in [0.05, 0.1) is 0 Å².